The zero-order chi connectivity index (χ0) is 15.6. The van der Waals surface area contributed by atoms with Crippen molar-refractivity contribution < 1.29 is 8.42 Å². The number of rotatable bonds is 4. The van der Waals surface area contributed by atoms with Gasteiger partial charge in [-0.25, -0.2) is 8.42 Å². The predicted octanol–water partition coefficient (Wildman–Crippen LogP) is 4.33. The van der Waals surface area contributed by atoms with Crippen LogP contribution in [0.25, 0.3) is 0 Å². The fourth-order valence-electron chi connectivity index (χ4n) is 2.06. The zero-order valence-corrected chi connectivity index (χ0v) is 14.6. The van der Waals surface area contributed by atoms with Crippen molar-refractivity contribution in [3.8, 4) is 0 Å². The lowest BCUT2D eigenvalue weighted by atomic mass is 10.1. The van der Waals surface area contributed by atoms with Crippen molar-refractivity contribution in [1.82, 2.24) is 0 Å². The molecule has 0 bridgehead atoms. The van der Waals surface area contributed by atoms with Crippen molar-refractivity contribution in [3.05, 3.63) is 58.1 Å². The number of anilines is 1. The van der Waals surface area contributed by atoms with Gasteiger partial charge >= 0.3 is 0 Å². The Hall–Kier alpha value is -1.33. The topological polar surface area (TPSA) is 46.2 Å². The van der Waals surface area contributed by atoms with Gasteiger partial charge in [-0.2, -0.15) is 0 Å². The SMILES string of the molecule is Cc1ccc(NC(C)c2ccc(S(C)(=O)=O)cc2)c(Br)c1. The molecule has 2 aromatic carbocycles. The summed E-state index contributed by atoms with van der Waals surface area (Å²) in [5.74, 6) is 0. The molecule has 0 saturated heterocycles. The maximum Gasteiger partial charge on any atom is 0.175 e. The van der Waals surface area contributed by atoms with E-state index in [2.05, 4.69) is 27.3 Å². The molecule has 1 unspecified atom stereocenters. The van der Waals surface area contributed by atoms with Crippen LogP contribution in [0, 0.1) is 6.92 Å². The highest BCUT2D eigenvalue weighted by atomic mass is 79.9. The molecule has 0 heterocycles. The second kappa shape index (κ2) is 6.20. The van der Waals surface area contributed by atoms with Crippen LogP contribution in [-0.4, -0.2) is 14.7 Å². The van der Waals surface area contributed by atoms with Gasteiger partial charge in [0.25, 0.3) is 0 Å². The summed E-state index contributed by atoms with van der Waals surface area (Å²) < 4.78 is 23.9. The minimum Gasteiger partial charge on any atom is -0.378 e. The van der Waals surface area contributed by atoms with Crippen LogP contribution in [0.3, 0.4) is 0 Å². The smallest absolute Gasteiger partial charge is 0.175 e. The zero-order valence-electron chi connectivity index (χ0n) is 12.2. The first-order valence-electron chi connectivity index (χ1n) is 6.60. The standard InChI is InChI=1S/C16H18BrNO2S/c1-11-4-9-16(15(17)10-11)18-12(2)13-5-7-14(8-6-13)21(3,19)20/h4-10,12,18H,1-3H3. The van der Waals surface area contributed by atoms with Gasteiger partial charge in [0, 0.05) is 22.5 Å². The van der Waals surface area contributed by atoms with Crippen LogP contribution in [0.15, 0.2) is 51.8 Å². The Morgan fingerprint density at radius 1 is 1.10 bits per heavy atom. The normalized spacial score (nSPS) is 13.0. The van der Waals surface area contributed by atoms with Crippen LogP contribution in [0.4, 0.5) is 5.69 Å². The van der Waals surface area contributed by atoms with E-state index in [1.165, 1.54) is 11.8 Å². The van der Waals surface area contributed by atoms with Crippen molar-refractivity contribution in [2.24, 2.45) is 0 Å². The quantitative estimate of drug-likeness (QED) is 0.874. The number of sulfone groups is 1. The lowest BCUT2D eigenvalue weighted by Crippen LogP contribution is -2.07. The van der Waals surface area contributed by atoms with Gasteiger partial charge in [0.05, 0.1) is 4.90 Å². The Morgan fingerprint density at radius 2 is 1.71 bits per heavy atom. The number of hydrogen-bond donors (Lipinski definition) is 1. The highest BCUT2D eigenvalue weighted by molar-refractivity contribution is 9.10. The summed E-state index contributed by atoms with van der Waals surface area (Å²) in [6.07, 6.45) is 1.22. The number of nitrogens with one attached hydrogen (secondary N) is 1. The third kappa shape index (κ3) is 4.08. The fourth-order valence-corrected chi connectivity index (χ4v) is 3.30. The summed E-state index contributed by atoms with van der Waals surface area (Å²) >= 11 is 3.54. The fraction of sp³-hybridized carbons (Fsp3) is 0.250. The molecule has 0 fully saturated rings. The lowest BCUT2D eigenvalue weighted by Gasteiger charge is -2.17. The van der Waals surface area contributed by atoms with Crippen molar-refractivity contribution in [3.63, 3.8) is 0 Å². The molecule has 1 atom stereocenters. The maximum absolute atomic E-state index is 11.5. The summed E-state index contributed by atoms with van der Waals surface area (Å²) in [7, 11) is -3.14. The molecular formula is C16H18BrNO2S. The summed E-state index contributed by atoms with van der Waals surface area (Å²) in [4.78, 5) is 0.343. The average Bonchev–Trinajstić information content (AvgIpc) is 2.41. The Balaban J connectivity index is 2.18. The van der Waals surface area contributed by atoms with Crippen LogP contribution in [0.5, 0.6) is 0 Å². The molecule has 0 aliphatic rings. The molecule has 0 aromatic heterocycles. The first-order chi connectivity index (χ1) is 9.77. The molecule has 3 nitrogen and oxygen atoms in total. The van der Waals surface area contributed by atoms with Crippen molar-refractivity contribution in [2.75, 3.05) is 11.6 Å². The Kier molecular flexibility index (Phi) is 4.74. The van der Waals surface area contributed by atoms with E-state index in [0.717, 1.165) is 15.7 Å². The van der Waals surface area contributed by atoms with E-state index >= 15 is 0 Å². The Labute approximate surface area is 134 Å². The van der Waals surface area contributed by atoms with Gasteiger partial charge in [-0.1, -0.05) is 18.2 Å². The molecule has 0 aliphatic heterocycles. The first kappa shape index (κ1) is 16.0. The van der Waals surface area contributed by atoms with Crippen LogP contribution in [0.2, 0.25) is 0 Å². The second-order valence-electron chi connectivity index (χ2n) is 5.19. The van der Waals surface area contributed by atoms with Crippen molar-refractivity contribution >= 4 is 31.5 Å². The van der Waals surface area contributed by atoms with Crippen LogP contribution >= 0.6 is 15.9 Å². The van der Waals surface area contributed by atoms with Crippen LogP contribution in [-0.2, 0) is 9.84 Å². The second-order valence-corrected chi connectivity index (χ2v) is 8.06. The van der Waals surface area contributed by atoms with Crippen LogP contribution < -0.4 is 5.32 Å². The molecule has 2 rings (SSSR count). The molecule has 2 aromatic rings. The van der Waals surface area contributed by atoms with Crippen molar-refractivity contribution in [2.45, 2.75) is 24.8 Å². The largest absolute Gasteiger partial charge is 0.378 e. The van der Waals surface area contributed by atoms with E-state index in [0.29, 0.717) is 4.90 Å². The first-order valence-corrected chi connectivity index (χ1v) is 9.28. The van der Waals surface area contributed by atoms with Gasteiger partial charge in [0.15, 0.2) is 9.84 Å². The highest BCUT2D eigenvalue weighted by Crippen LogP contribution is 2.27. The highest BCUT2D eigenvalue weighted by Gasteiger charge is 2.10. The molecule has 0 aliphatic carbocycles. The maximum atomic E-state index is 11.5. The van der Waals surface area contributed by atoms with Gasteiger partial charge in [-0.3, -0.25) is 0 Å². The molecular weight excluding hydrogens is 350 g/mol. The summed E-state index contributed by atoms with van der Waals surface area (Å²) in [6.45, 7) is 4.09. The molecule has 5 heteroatoms. The Morgan fingerprint density at radius 3 is 2.24 bits per heavy atom. The number of benzene rings is 2. The minimum atomic E-state index is -3.14. The van der Waals surface area contributed by atoms with Gasteiger partial charge in [0.2, 0.25) is 0 Å². The molecule has 1 N–H and O–H groups in total. The molecule has 112 valence electrons. The summed E-state index contributed by atoms with van der Waals surface area (Å²) in [5.41, 5.74) is 3.24. The van der Waals surface area contributed by atoms with E-state index in [1.807, 2.05) is 38.1 Å². The lowest BCUT2D eigenvalue weighted by molar-refractivity contribution is 0.602. The van der Waals surface area contributed by atoms with Gasteiger partial charge in [0.1, 0.15) is 0 Å². The summed E-state index contributed by atoms with van der Waals surface area (Å²) in [6, 6.07) is 13.2. The molecule has 21 heavy (non-hydrogen) atoms. The molecule has 0 radical (unpaired) electrons. The number of halogens is 1. The molecule has 0 saturated carbocycles. The van der Waals surface area contributed by atoms with E-state index in [4.69, 9.17) is 0 Å². The molecule has 0 amide bonds. The van der Waals surface area contributed by atoms with Gasteiger partial charge in [-0.15, -0.1) is 0 Å². The molecule has 0 spiro atoms. The predicted molar refractivity (Wildman–Crippen MR) is 90.5 cm³/mol. The van der Waals surface area contributed by atoms with Crippen LogP contribution in [0.1, 0.15) is 24.1 Å². The monoisotopic (exact) mass is 367 g/mol. The summed E-state index contributed by atoms with van der Waals surface area (Å²) in [5, 5.41) is 3.42. The Bertz CT molecular complexity index is 739. The van der Waals surface area contributed by atoms with E-state index < -0.39 is 9.84 Å². The minimum absolute atomic E-state index is 0.0811. The van der Waals surface area contributed by atoms with E-state index in [-0.39, 0.29) is 6.04 Å². The third-order valence-electron chi connectivity index (χ3n) is 3.30. The van der Waals surface area contributed by atoms with Crippen molar-refractivity contribution in [1.29, 1.82) is 0 Å². The average molecular weight is 368 g/mol. The third-order valence-corrected chi connectivity index (χ3v) is 5.09. The van der Waals surface area contributed by atoms with E-state index in [9.17, 15) is 8.42 Å². The van der Waals surface area contributed by atoms with Gasteiger partial charge in [-0.05, 0) is 65.2 Å². The number of aryl methyl sites for hydroxylation is 1. The van der Waals surface area contributed by atoms with Gasteiger partial charge < -0.3 is 5.32 Å². The number of hydrogen-bond acceptors (Lipinski definition) is 3. The van der Waals surface area contributed by atoms with E-state index in [1.54, 1.807) is 12.1 Å².